The molecular weight excluding hydrogens is 428 g/mol. The van der Waals surface area contributed by atoms with Gasteiger partial charge in [0.05, 0.1) is 16.8 Å². The zero-order valence-electron chi connectivity index (χ0n) is 19.7. The molecule has 0 aliphatic carbocycles. The summed E-state index contributed by atoms with van der Waals surface area (Å²) < 4.78 is 20.8. The van der Waals surface area contributed by atoms with Crippen molar-refractivity contribution in [3.05, 3.63) is 84.7 Å². The molecule has 0 bridgehead atoms. The van der Waals surface area contributed by atoms with Gasteiger partial charge in [0.15, 0.2) is 17.5 Å². The summed E-state index contributed by atoms with van der Waals surface area (Å²) in [7, 11) is 1.51. The minimum atomic E-state index is -1.07. The Morgan fingerprint density at radius 2 is 1.24 bits per heavy atom. The van der Waals surface area contributed by atoms with Crippen LogP contribution in [0.15, 0.2) is 78.9 Å². The van der Waals surface area contributed by atoms with E-state index >= 15 is 0 Å². The average Bonchev–Trinajstić information content (AvgIpc) is 2.83. The molecule has 0 aliphatic heterocycles. The predicted octanol–water partition coefficient (Wildman–Crippen LogP) is 4.82. The molecular formula is C27H26BFN3O2. The molecule has 0 spiro atoms. The molecule has 1 N–H and O–H groups in total. The molecule has 4 aromatic rings. The van der Waals surface area contributed by atoms with E-state index in [1.807, 2.05) is 60.7 Å². The van der Waals surface area contributed by atoms with Gasteiger partial charge in [-0.1, -0.05) is 78.3 Å². The summed E-state index contributed by atoms with van der Waals surface area (Å²) in [6, 6.07) is 23.6. The van der Waals surface area contributed by atoms with Gasteiger partial charge in [-0.25, -0.2) is 19.3 Å². The van der Waals surface area contributed by atoms with Crippen molar-refractivity contribution in [3.63, 3.8) is 0 Å². The van der Waals surface area contributed by atoms with Gasteiger partial charge < -0.3 is 9.76 Å². The van der Waals surface area contributed by atoms with Gasteiger partial charge in [-0.2, -0.15) is 0 Å². The van der Waals surface area contributed by atoms with Gasteiger partial charge in [0, 0.05) is 11.1 Å². The van der Waals surface area contributed by atoms with Crippen molar-refractivity contribution in [1.82, 2.24) is 15.0 Å². The van der Waals surface area contributed by atoms with Crippen molar-refractivity contribution >= 4 is 12.9 Å². The van der Waals surface area contributed by atoms with Crippen LogP contribution in [0.25, 0.3) is 34.2 Å². The van der Waals surface area contributed by atoms with Gasteiger partial charge in [0.2, 0.25) is 0 Å². The summed E-state index contributed by atoms with van der Waals surface area (Å²) in [5.74, 6) is 0.681. The molecule has 3 aromatic carbocycles. The van der Waals surface area contributed by atoms with E-state index in [4.69, 9.17) is 4.65 Å². The molecule has 0 saturated heterocycles. The summed E-state index contributed by atoms with van der Waals surface area (Å²) in [4.78, 5) is 13.8. The summed E-state index contributed by atoms with van der Waals surface area (Å²) in [5, 5.41) is 10.3. The second-order valence-corrected chi connectivity index (χ2v) is 9.08. The molecule has 0 aliphatic rings. The van der Waals surface area contributed by atoms with Crippen molar-refractivity contribution in [2.75, 3.05) is 0 Å². The number of hydrogen-bond donors (Lipinski definition) is 1. The lowest BCUT2D eigenvalue weighted by atomic mass is 9.82. The van der Waals surface area contributed by atoms with E-state index in [2.05, 4.69) is 15.0 Å². The van der Waals surface area contributed by atoms with Gasteiger partial charge in [-0.05, 0) is 33.8 Å². The van der Waals surface area contributed by atoms with Crippen molar-refractivity contribution in [2.45, 2.75) is 38.9 Å². The van der Waals surface area contributed by atoms with E-state index in [1.165, 1.54) is 13.5 Å². The Balaban J connectivity index is 1.77. The molecule has 1 aromatic heterocycles. The Hall–Kier alpha value is -3.42. The highest BCUT2D eigenvalue weighted by Gasteiger charge is 2.35. The maximum Gasteiger partial charge on any atom is 0.330 e. The van der Waals surface area contributed by atoms with E-state index in [1.54, 1.807) is 39.8 Å². The Labute approximate surface area is 200 Å². The number of aromatic nitrogens is 3. The van der Waals surface area contributed by atoms with E-state index in [0.29, 0.717) is 17.1 Å². The normalized spacial score (nSPS) is 11.9. The van der Waals surface area contributed by atoms with Crippen LogP contribution in [0.2, 0.25) is 0 Å². The van der Waals surface area contributed by atoms with Crippen LogP contribution in [0.1, 0.15) is 27.7 Å². The Morgan fingerprint density at radius 3 is 1.74 bits per heavy atom. The van der Waals surface area contributed by atoms with Crippen LogP contribution in [0, 0.1) is 5.82 Å². The summed E-state index contributed by atoms with van der Waals surface area (Å²) >= 11 is 0. The first-order chi connectivity index (χ1) is 16.1. The third-order valence-corrected chi connectivity index (χ3v) is 5.89. The Kier molecular flexibility index (Phi) is 6.59. The van der Waals surface area contributed by atoms with Crippen LogP contribution in [0.3, 0.4) is 0 Å². The number of nitrogens with zero attached hydrogens (tertiary/aromatic N) is 3. The third-order valence-electron chi connectivity index (χ3n) is 5.89. The van der Waals surface area contributed by atoms with Crippen LogP contribution in [0.4, 0.5) is 4.39 Å². The SMILES string of the molecule is CC(C)(O)C(C)(C)O[B]c1ccc(F)c(-c2nc(-c3ccccc3)nc(-c3ccccc3)n2)c1. The molecule has 0 amide bonds. The first-order valence-corrected chi connectivity index (χ1v) is 11.0. The predicted molar refractivity (Wildman–Crippen MR) is 133 cm³/mol. The van der Waals surface area contributed by atoms with Gasteiger partial charge in [0.1, 0.15) is 5.82 Å². The minimum absolute atomic E-state index is 0.224. The Morgan fingerprint density at radius 1 is 0.735 bits per heavy atom. The molecule has 1 heterocycles. The fourth-order valence-electron chi connectivity index (χ4n) is 3.08. The van der Waals surface area contributed by atoms with Crippen LogP contribution < -0.4 is 5.46 Å². The van der Waals surface area contributed by atoms with E-state index in [0.717, 1.165) is 11.1 Å². The van der Waals surface area contributed by atoms with Gasteiger partial charge >= 0.3 is 7.48 Å². The number of benzene rings is 3. The average molecular weight is 454 g/mol. The number of hydrogen-bond acceptors (Lipinski definition) is 5. The molecule has 0 atom stereocenters. The quantitative estimate of drug-likeness (QED) is 0.406. The molecule has 0 saturated carbocycles. The third kappa shape index (κ3) is 5.21. The van der Waals surface area contributed by atoms with E-state index in [-0.39, 0.29) is 11.4 Å². The highest BCUT2D eigenvalue weighted by Crippen LogP contribution is 2.27. The lowest BCUT2D eigenvalue weighted by Crippen LogP contribution is -2.49. The van der Waals surface area contributed by atoms with Crippen molar-refractivity contribution in [1.29, 1.82) is 0 Å². The Bertz CT molecular complexity index is 1220. The lowest BCUT2D eigenvalue weighted by Gasteiger charge is -2.37. The first-order valence-electron chi connectivity index (χ1n) is 11.0. The first kappa shape index (κ1) is 23.7. The fraction of sp³-hybridized carbons (Fsp3) is 0.222. The molecule has 0 fully saturated rings. The second-order valence-electron chi connectivity index (χ2n) is 9.08. The number of aliphatic hydroxyl groups is 1. The van der Waals surface area contributed by atoms with Crippen molar-refractivity contribution < 1.29 is 14.2 Å². The summed E-state index contributed by atoms with van der Waals surface area (Å²) in [6.45, 7) is 6.94. The summed E-state index contributed by atoms with van der Waals surface area (Å²) in [5.41, 5.74) is 0.543. The van der Waals surface area contributed by atoms with Crippen LogP contribution in [-0.4, -0.2) is 38.7 Å². The molecule has 34 heavy (non-hydrogen) atoms. The summed E-state index contributed by atoms with van der Waals surface area (Å²) in [6.07, 6.45) is 0. The van der Waals surface area contributed by atoms with Crippen LogP contribution >= 0.6 is 0 Å². The van der Waals surface area contributed by atoms with Crippen LogP contribution in [0.5, 0.6) is 0 Å². The zero-order chi connectivity index (χ0) is 24.3. The highest BCUT2D eigenvalue weighted by molar-refractivity contribution is 6.47. The standard InChI is InChI=1S/C27H26BFN3O2/c1-26(2,33)27(3,4)34-28-20-15-16-22(29)21(17-20)25-31-23(18-11-7-5-8-12-18)30-24(32-25)19-13-9-6-10-14-19/h5-17,33H,1-4H3. The van der Waals surface area contributed by atoms with Gasteiger partial charge in [-0.3, -0.25) is 0 Å². The van der Waals surface area contributed by atoms with Gasteiger partial charge in [0.25, 0.3) is 0 Å². The van der Waals surface area contributed by atoms with E-state index in [9.17, 15) is 9.50 Å². The largest absolute Gasteiger partial charge is 0.427 e. The smallest absolute Gasteiger partial charge is 0.330 e. The number of halogens is 1. The van der Waals surface area contributed by atoms with Gasteiger partial charge in [-0.15, -0.1) is 0 Å². The highest BCUT2D eigenvalue weighted by atomic mass is 19.1. The molecule has 1 radical (unpaired) electrons. The topological polar surface area (TPSA) is 68.1 Å². The molecule has 7 heteroatoms. The maximum absolute atomic E-state index is 15.0. The minimum Gasteiger partial charge on any atom is -0.427 e. The monoisotopic (exact) mass is 454 g/mol. The molecule has 0 unspecified atom stereocenters. The van der Waals surface area contributed by atoms with Crippen molar-refractivity contribution in [3.8, 4) is 34.2 Å². The van der Waals surface area contributed by atoms with Crippen LogP contribution in [-0.2, 0) is 4.65 Å². The lowest BCUT2D eigenvalue weighted by molar-refractivity contribution is -0.0893. The molecule has 5 nitrogen and oxygen atoms in total. The van der Waals surface area contributed by atoms with E-state index < -0.39 is 17.0 Å². The second kappa shape index (κ2) is 9.45. The molecule has 171 valence electrons. The number of rotatable bonds is 7. The molecule has 4 rings (SSSR count). The maximum atomic E-state index is 15.0. The fourth-order valence-corrected chi connectivity index (χ4v) is 3.08. The van der Waals surface area contributed by atoms with Crippen molar-refractivity contribution in [2.24, 2.45) is 0 Å². The zero-order valence-corrected chi connectivity index (χ0v) is 19.7.